The first-order valence-corrected chi connectivity index (χ1v) is 6.19. The first kappa shape index (κ1) is 15.4. The summed E-state index contributed by atoms with van der Waals surface area (Å²) in [5.41, 5.74) is 6.20. The molecule has 1 amide bonds. The average molecular weight is 268 g/mol. The van der Waals surface area contributed by atoms with Gasteiger partial charge in [0.15, 0.2) is 0 Å². The first-order valence-electron chi connectivity index (χ1n) is 6.19. The van der Waals surface area contributed by atoms with E-state index in [2.05, 4.69) is 5.32 Å². The van der Waals surface area contributed by atoms with Crippen molar-refractivity contribution in [3.8, 4) is 0 Å². The van der Waals surface area contributed by atoms with E-state index in [1.54, 1.807) is 39.8 Å². The average Bonchev–Trinajstić information content (AvgIpc) is 2.27. The van der Waals surface area contributed by atoms with Crippen molar-refractivity contribution in [1.29, 1.82) is 0 Å². The summed E-state index contributed by atoms with van der Waals surface area (Å²) in [6.45, 7) is 7.15. The van der Waals surface area contributed by atoms with E-state index in [-0.39, 0.29) is 12.4 Å². The number of amides is 1. The van der Waals surface area contributed by atoms with Gasteiger partial charge in [-0.05, 0) is 44.9 Å². The van der Waals surface area contributed by atoms with Crippen LogP contribution < -0.4 is 11.1 Å². The van der Waals surface area contributed by atoms with Crippen molar-refractivity contribution in [2.75, 3.05) is 6.54 Å². The Morgan fingerprint density at radius 3 is 2.63 bits per heavy atom. The molecule has 0 aromatic heterocycles. The molecule has 0 saturated carbocycles. The number of alkyl carbamates (subject to hydrolysis) is 1. The molecule has 19 heavy (non-hydrogen) atoms. The minimum Gasteiger partial charge on any atom is -0.444 e. The zero-order valence-electron chi connectivity index (χ0n) is 11.8. The van der Waals surface area contributed by atoms with Crippen LogP contribution in [0.3, 0.4) is 0 Å². The smallest absolute Gasteiger partial charge is 0.408 e. The van der Waals surface area contributed by atoms with E-state index in [9.17, 15) is 9.18 Å². The van der Waals surface area contributed by atoms with Crippen LogP contribution in [0.15, 0.2) is 18.2 Å². The number of ether oxygens (including phenoxy) is 1. The number of nitrogens with one attached hydrogen (secondary N) is 1. The Morgan fingerprint density at radius 2 is 2.11 bits per heavy atom. The van der Waals surface area contributed by atoms with Crippen LogP contribution in [0.2, 0.25) is 0 Å². The van der Waals surface area contributed by atoms with Gasteiger partial charge in [0.2, 0.25) is 0 Å². The molecule has 0 aliphatic rings. The van der Waals surface area contributed by atoms with Gasteiger partial charge in [-0.3, -0.25) is 0 Å². The summed E-state index contributed by atoms with van der Waals surface area (Å²) in [4.78, 5) is 11.7. The Kier molecular flexibility index (Phi) is 4.89. The minimum atomic E-state index is -0.583. The summed E-state index contributed by atoms with van der Waals surface area (Å²) in [7, 11) is 0. The van der Waals surface area contributed by atoms with Crippen LogP contribution in [0.5, 0.6) is 0 Å². The van der Waals surface area contributed by atoms with Crippen molar-refractivity contribution in [2.45, 2.75) is 39.3 Å². The van der Waals surface area contributed by atoms with Crippen LogP contribution in [0.25, 0.3) is 0 Å². The standard InChI is InChI=1S/C14H21FN2O2/c1-9-10(6-5-7-11(9)15)12(8-16)17-13(18)19-14(2,3)4/h5-7,12H,8,16H2,1-4H3,(H,17,18). The molecule has 0 aliphatic heterocycles. The fourth-order valence-corrected chi connectivity index (χ4v) is 1.72. The van der Waals surface area contributed by atoms with Gasteiger partial charge in [0.05, 0.1) is 6.04 Å². The van der Waals surface area contributed by atoms with E-state index >= 15 is 0 Å². The first-order chi connectivity index (χ1) is 8.74. The molecule has 1 rings (SSSR count). The number of benzene rings is 1. The highest BCUT2D eigenvalue weighted by Crippen LogP contribution is 2.20. The second-order valence-corrected chi connectivity index (χ2v) is 5.39. The van der Waals surface area contributed by atoms with E-state index in [1.165, 1.54) is 6.07 Å². The third-order valence-electron chi connectivity index (χ3n) is 2.61. The number of carbonyl (C=O) groups is 1. The van der Waals surface area contributed by atoms with Crippen LogP contribution in [-0.2, 0) is 4.74 Å². The molecule has 0 saturated heterocycles. The molecule has 0 radical (unpaired) electrons. The molecule has 1 atom stereocenters. The van der Waals surface area contributed by atoms with Gasteiger partial charge in [-0.2, -0.15) is 0 Å². The summed E-state index contributed by atoms with van der Waals surface area (Å²) in [5, 5.41) is 2.65. The van der Waals surface area contributed by atoms with Crippen LogP contribution >= 0.6 is 0 Å². The second-order valence-electron chi connectivity index (χ2n) is 5.39. The minimum absolute atomic E-state index is 0.170. The molecule has 1 aromatic carbocycles. The Balaban J connectivity index is 2.84. The molecule has 4 nitrogen and oxygen atoms in total. The molecule has 0 aliphatic carbocycles. The largest absolute Gasteiger partial charge is 0.444 e. The van der Waals surface area contributed by atoms with Crippen molar-refractivity contribution in [3.05, 3.63) is 35.1 Å². The molecule has 106 valence electrons. The molecule has 3 N–H and O–H groups in total. The van der Waals surface area contributed by atoms with E-state index < -0.39 is 17.7 Å². The van der Waals surface area contributed by atoms with Crippen molar-refractivity contribution in [1.82, 2.24) is 5.32 Å². The van der Waals surface area contributed by atoms with Crippen molar-refractivity contribution < 1.29 is 13.9 Å². The SMILES string of the molecule is Cc1c(F)cccc1C(CN)NC(=O)OC(C)(C)C. The fraction of sp³-hybridized carbons (Fsp3) is 0.500. The lowest BCUT2D eigenvalue weighted by Gasteiger charge is -2.24. The second kappa shape index (κ2) is 6.02. The summed E-state index contributed by atoms with van der Waals surface area (Å²) < 4.78 is 18.7. The summed E-state index contributed by atoms with van der Waals surface area (Å²) in [6, 6.07) is 4.25. The molecule has 1 unspecified atom stereocenters. The molecule has 0 fully saturated rings. The maximum atomic E-state index is 13.5. The zero-order chi connectivity index (χ0) is 14.6. The van der Waals surface area contributed by atoms with Gasteiger partial charge < -0.3 is 15.8 Å². The highest BCUT2D eigenvalue weighted by Gasteiger charge is 2.21. The van der Waals surface area contributed by atoms with Crippen molar-refractivity contribution >= 4 is 6.09 Å². The summed E-state index contributed by atoms with van der Waals surface area (Å²) in [5.74, 6) is -0.318. The third kappa shape index (κ3) is 4.52. The number of nitrogens with two attached hydrogens (primary N) is 1. The predicted molar refractivity (Wildman–Crippen MR) is 72.3 cm³/mol. The lowest BCUT2D eigenvalue weighted by molar-refractivity contribution is 0.0505. The third-order valence-corrected chi connectivity index (χ3v) is 2.61. The molecule has 5 heteroatoms. The molecular formula is C14H21FN2O2. The summed E-state index contributed by atoms with van der Waals surface area (Å²) >= 11 is 0. The number of halogens is 1. The number of carbonyl (C=O) groups excluding carboxylic acids is 1. The lowest BCUT2D eigenvalue weighted by Crippen LogP contribution is -2.38. The van der Waals surface area contributed by atoms with Gasteiger partial charge in [-0.15, -0.1) is 0 Å². The molecule has 0 spiro atoms. The normalized spacial score (nSPS) is 12.9. The lowest BCUT2D eigenvalue weighted by atomic mass is 10.0. The van der Waals surface area contributed by atoms with Crippen LogP contribution in [-0.4, -0.2) is 18.2 Å². The Labute approximate surface area is 113 Å². The van der Waals surface area contributed by atoms with Gasteiger partial charge in [-0.25, -0.2) is 9.18 Å². The Bertz CT molecular complexity index is 455. The van der Waals surface area contributed by atoms with Crippen LogP contribution in [0.4, 0.5) is 9.18 Å². The molecular weight excluding hydrogens is 247 g/mol. The predicted octanol–water partition coefficient (Wildman–Crippen LogP) is 2.66. The number of hydrogen-bond acceptors (Lipinski definition) is 3. The zero-order valence-corrected chi connectivity index (χ0v) is 11.8. The van der Waals surface area contributed by atoms with E-state index in [1.807, 2.05) is 0 Å². The topological polar surface area (TPSA) is 64.3 Å². The van der Waals surface area contributed by atoms with E-state index in [4.69, 9.17) is 10.5 Å². The summed E-state index contributed by atoms with van der Waals surface area (Å²) in [6.07, 6.45) is -0.563. The van der Waals surface area contributed by atoms with Crippen LogP contribution in [0.1, 0.15) is 37.9 Å². The maximum absolute atomic E-state index is 13.5. The van der Waals surface area contributed by atoms with Gasteiger partial charge >= 0.3 is 6.09 Å². The highest BCUT2D eigenvalue weighted by atomic mass is 19.1. The van der Waals surface area contributed by atoms with E-state index in [0.717, 1.165) is 0 Å². The van der Waals surface area contributed by atoms with Crippen molar-refractivity contribution in [3.63, 3.8) is 0 Å². The Hall–Kier alpha value is -1.62. The van der Waals surface area contributed by atoms with Gasteiger partial charge in [0, 0.05) is 6.54 Å². The molecule has 0 heterocycles. The highest BCUT2D eigenvalue weighted by molar-refractivity contribution is 5.68. The number of hydrogen-bond donors (Lipinski definition) is 2. The monoisotopic (exact) mass is 268 g/mol. The Morgan fingerprint density at radius 1 is 1.47 bits per heavy atom. The quantitative estimate of drug-likeness (QED) is 0.885. The molecule has 1 aromatic rings. The van der Waals surface area contributed by atoms with Gasteiger partial charge in [0.25, 0.3) is 0 Å². The van der Waals surface area contributed by atoms with Gasteiger partial charge in [0.1, 0.15) is 11.4 Å². The fourth-order valence-electron chi connectivity index (χ4n) is 1.72. The van der Waals surface area contributed by atoms with E-state index in [0.29, 0.717) is 11.1 Å². The van der Waals surface area contributed by atoms with Crippen LogP contribution in [0, 0.1) is 12.7 Å². The molecule has 0 bridgehead atoms. The van der Waals surface area contributed by atoms with Crippen molar-refractivity contribution in [2.24, 2.45) is 5.73 Å². The maximum Gasteiger partial charge on any atom is 0.408 e. The van der Waals surface area contributed by atoms with Gasteiger partial charge in [-0.1, -0.05) is 12.1 Å². The number of rotatable bonds is 3.